The quantitative estimate of drug-likeness (QED) is 0.456. The maximum absolute atomic E-state index is 5.63. The van der Waals surface area contributed by atoms with Crippen LogP contribution in [-0.4, -0.2) is 19.9 Å². The Labute approximate surface area is 95.1 Å². The molecule has 0 unspecified atom stereocenters. The van der Waals surface area contributed by atoms with Gasteiger partial charge in [0, 0.05) is 12.3 Å². The van der Waals surface area contributed by atoms with Crippen LogP contribution >= 0.6 is 0 Å². The van der Waals surface area contributed by atoms with Crippen LogP contribution in [0, 0.1) is 0 Å². The van der Waals surface area contributed by atoms with Gasteiger partial charge in [-0.3, -0.25) is 0 Å². The molecule has 4 rings (SSSR count). The molecule has 0 aliphatic carbocycles. The van der Waals surface area contributed by atoms with E-state index in [-0.39, 0.29) is 0 Å². The molecule has 0 saturated carbocycles. The first kappa shape index (κ1) is 8.58. The Kier molecular flexibility index (Phi) is 1.50. The standard InChI is InChI=1S/C12H6N4O/c1-2-7-11-10(17-12(7)14-3-1)4-8-9(16-11)5-13-6-15-8/h1-6H. The summed E-state index contributed by atoms with van der Waals surface area (Å²) in [5.41, 5.74) is 3.62. The Balaban J connectivity index is 2.28. The number of hydrogen-bond donors (Lipinski definition) is 0. The maximum Gasteiger partial charge on any atom is 0.228 e. The summed E-state index contributed by atoms with van der Waals surface area (Å²) < 4.78 is 5.63. The van der Waals surface area contributed by atoms with Crippen LogP contribution in [0.5, 0.6) is 0 Å². The molecule has 0 radical (unpaired) electrons. The minimum Gasteiger partial charge on any atom is -0.436 e. The van der Waals surface area contributed by atoms with E-state index in [9.17, 15) is 0 Å². The van der Waals surface area contributed by atoms with Gasteiger partial charge in [0.1, 0.15) is 17.4 Å². The average Bonchev–Trinajstić information content (AvgIpc) is 2.73. The van der Waals surface area contributed by atoms with Gasteiger partial charge in [-0.2, -0.15) is 0 Å². The third-order valence-corrected chi connectivity index (χ3v) is 2.69. The van der Waals surface area contributed by atoms with E-state index in [1.54, 1.807) is 12.4 Å². The summed E-state index contributed by atoms with van der Waals surface area (Å²) in [7, 11) is 0. The molecule has 0 aromatic carbocycles. The number of pyridine rings is 2. The van der Waals surface area contributed by atoms with Crippen LogP contribution in [0.15, 0.2) is 41.3 Å². The van der Waals surface area contributed by atoms with Crippen LogP contribution in [0.4, 0.5) is 0 Å². The predicted octanol–water partition coefficient (Wildman–Crippen LogP) is 2.32. The number of fused-ring (bicyclic) bond motifs is 4. The van der Waals surface area contributed by atoms with Crippen LogP contribution in [0.1, 0.15) is 0 Å². The minimum atomic E-state index is 0.596. The van der Waals surface area contributed by atoms with Crippen LogP contribution in [0.25, 0.3) is 33.2 Å². The van der Waals surface area contributed by atoms with Crippen molar-refractivity contribution in [1.29, 1.82) is 0 Å². The molecular weight excluding hydrogens is 216 g/mol. The Morgan fingerprint density at radius 3 is 3.12 bits per heavy atom. The van der Waals surface area contributed by atoms with Crippen molar-refractivity contribution in [2.75, 3.05) is 0 Å². The predicted molar refractivity (Wildman–Crippen MR) is 62.4 cm³/mol. The third-order valence-electron chi connectivity index (χ3n) is 2.69. The van der Waals surface area contributed by atoms with Crippen molar-refractivity contribution >= 4 is 33.2 Å². The highest BCUT2D eigenvalue weighted by Crippen LogP contribution is 2.27. The van der Waals surface area contributed by atoms with Crippen molar-refractivity contribution in [1.82, 2.24) is 19.9 Å². The van der Waals surface area contributed by atoms with Gasteiger partial charge in [0.25, 0.3) is 0 Å². The van der Waals surface area contributed by atoms with Crippen LogP contribution in [-0.2, 0) is 0 Å². The molecule has 4 aromatic rings. The molecule has 0 bridgehead atoms. The zero-order valence-corrected chi connectivity index (χ0v) is 8.66. The van der Waals surface area contributed by atoms with E-state index in [0.29, 0.717) is 11.3 Å². The number of furan rings is 1. The van der Waals surface area contributed by atoms with E-state index in [1.165, 1.54) is 6.33 Å². The van der Waals surface area contributed by atoms with Gasteiger partial charge in [-0.1, -0.05) is 0 Å². The number of hydrogen-bond acceptors (Lipinski definition) is 5. The summed E-state index contributed by atoms with van der Waals surface area (Å²) in [5, 5.41) is 0.910. The summed E-state index contributed by atoms with van der Waals surface area (Å²) in [6.45, 7) is 0. The lowest BCUT2D eigenvalue weighted by Crippen LogP contribution is -1.84. The smallest absolute Gasteiger partial charge is 0.228 e. The van der Waals surface area contributed by atoms with E-state index in [1.807, 2.05) is 18.2 Å². The SMILES string of the molecule is c1cnc2oc3cc4ncncc4nc3c2c1. The van der Waals surface area contributed by atoms with Crippen molar-refractivity contribution in [3.63, 3.8) is 0 Å². The van der Waals surface area contributed by atoms with Crippen molar-refractivity contribution < 1.29 is 4.42 Å². The molecule has 5 heteroatoms. The summed E-state index contributed by atoms with van der Waals surface area (Å²) in [4.78, 5) is 16.8. The van der Waals surface area contributed by atoms with E-state index in [4.69, 9.17) is 4.42 Å². The molecule has 0 aliphatic rings. The van der Waals surface area contributed by atoms with Crippen LogP contribution < -0.4 is 0 Å². The fourth-order valence-electron chi connectivity index (χ4n) is 1.92. The van der Waals surface area contributed by atoms with Gasteiger partial charge in [0.05, 0.1) is 17.1 Å². The molecule has 0 aliphatic heterocycles. The zero-order chi connectivity index (χ0) is 11.2. The van der Waals surface area contributed by atoms with Crippen molar-refractivity contribution in [2.24, 2.45) is 0 Å². The van der Waals surface area contributed by atoms with Crippen LogP contribution in [0.3, 0.4) is 0 Å². The second-order valence-corrected chi connectivity index (χ2v) is 3.72. The Hall–Kier alpha value is -2.56. The number of aromatic nitrogens is 4. The largest absolute Gasteiger partial charge is 0.436 e. The molecule has 4 aromatic heterocycles. The Bertz CT molecular complexity index is 847. The van der Waals surface area contributed by atoms with Gasteiger partial charge in [-0.25, -0.2) is 19.9 Å². The van der Waals surface area contributed by atoms with Crippen molar-refractivity contribution in [3.05, 3.63) is 36.9 Å². The number of rotatable bonds is 0. The monoisotopic (exact) mass is 222 g/mol. The highest BCUT2D eigenvalue weighted by molar-refractivity contribution is 6.03. The second kappa shape index (κ2) is 2.98. The molecule has 80 valence electrons. The molecule has 0 N–H and O–H groups in total. The van der Waals surface area contributed by atoms with Crippen molar-refractivity contribution in [3.8, 4) is 0 Å². The summed E-state index contributed by atoms with van der Waals surface area (Å²) in [6, 6.07) is 5.67. The molecule has 0 spiro atoms. The molecular formula is C12H6N4O. The zero-order valence-electron chi connectivity index (χ0n) is 8.66. The highest BCUT2D eigenvalue weighted by Gasteiger charge is 2.10. The molecule has 0 saturated heterocycles. The first-order chi connectivity index (χ1) is 8.42. The topological polar surface area (TPSA) is 64.7 Å². The Morgan fingerprint density at radius 1 is 1.12 bits per heavy atom. The molecule has 0 atom stereocenters. The maximum atomic E-state index is 5.63. The normalized spacial score (nSPS) is 11.5. The fraction of sp³-hybridized carbons (Fsp3) is 0. The van der Waals surface area contributed by atoms with Gasteiger partial charge in [0.15, 0.2) is 5.58 Å². The van der Waals surface area contributed by atoms with Gasteiger partial charge < -0.3 is 4.42 Å². The first-order valence-corrected chi connectivity index (χ1v) is 5.16. The van der Waals surface area contributed by atoms with Gasteiger partial charge in [-0.15, -0.1) is 0 Å². The average molecular weight is 222 g/mol. The van der Waals surface area contributed by atoms with E-state index in [0.717, 1.165) is 21.9 Å². The van der Waals surface area contributed by atoms with E-state index >= 15 is 0 Å². The van der Waals surface area contributed by atoms with Gasteiger partial charge >= 0.3 is 0 Å². The third kappa shape index (κ3) is 1.13. The van der Waals surface area contributed by atoms with Gasteiger partial charge in [-0.05, 0) is 12.1 Å². The molecule has 0 fully saturated rings. The lowest BCUT2D eigenvalue weighted by atomic mass is 10.2. The summed E-state index contributed by atoms with van der Waals surface area (Å²) in [6.07, 6.45) is 4.89. The molecule has 17 heavy (non-hydrogen) atoms. The highest BCUT2D eigenvalue weighted by atomic mass is 16.3. The Morgan fingerprint density at radius 2 is 2.12 bits per heavy atom. The second-order valence-electron chi connectivity index (χ2n) is 3.72. The molecule has 5 nitrogen and oxygen atoms in total. The molecule has 4 heterocycles. The number of nitrogens with zero attached hydrogens (tertiary/aromatic N) is 4. The lowest BCUT2D eigenvalue weighted by Gasteiger charge is -1.94. The summed E-state index contributed by atoms with van der Waals surface area (Å²) in [5.74, 6) is 0. The van der Waals surface area contributed by atoms with E-state index in [2.05, 4.69) is 19.9 Å². The van der Waals surface area contributed by atoms with E-state index < -0.39 is 0 Å². The minimum absolute atomic E-state index is 0.596. The summed E-state index contributed by atoms with van der Waals surface area (Å²) >= 11 is 0. The van der Waals surface area contributed by atoms with Crippen molar-refractivity contribution in [2.45, 2.75) is 0 Å². The van der Waals surface area contributed by atoms with Gasteiger partial charge in [0.2, 0.25) is 5.71 Å². The fourth-order valence-corrected chi connectivity index (χ4v) is 1.92. The lowest BCUT2D eigenvalue weighted by molar-refractivity contribution is 0.654. The first-order valence-electron chi connectivity index (χ1n) is 5.16. The molecule has 0 amide bonds. The van der Waals surface area contributed by atoms with Crippen LogP contribution in [0.2, 0.25) is 0 Å².